The average molecular weight is 279 g/mol. The lowest BCUT2D eigenvalue weighted by atomic mass is 10.0. The quantitative estimate of drug-likeness (QED) is 0.782. The molecule has 2 atom stereocenters. The minimum atomic E-state index is -2.98. The van der Waals surface area contributed by atoms with Gasteiger partial charge in [-0.3, -0.25) is 4.79 Å². The number of anilines is 1. The fourth-order valence-electron chi connectivity index (χ4n) is 3.10. The maximum atomic E-state index is 12.1. The normalized spacial score (nSPS) is 28.7. The predicted octanol–water partition coefficient (Wildman–Crippen LogP) is 1.45. The van der Waals surface area contributed by atoms with Gasteiger partial charge in [-0.05, 0) is 37.1 Å². The lowest BCUT2D eigenvalue weighted by Gasteiger charge is -2.24. The molecule has 102 valence electrons. The Kier molecular flexibility index (Phi) is 2.71. The lowest BCUT2D eigenvalue weighted by molar-refractivity contribution is -0.117. The van der Waals surface area contributed by atoms with Gasteiger partial charge in [0.25, 0.3) is 0 Å². The van der Waals surface area contributed by atoms with E-state index in [0.717, 1.165) is 11.3 Å². The van der Waals surface area contributed by atoms with E-state index in [0.29, 0.717) is 6.42 Å². The Labute approximate surface area is 113 Å². The van der Waals surface area contributed by atoms with Crippen molar-refractivity contribution < 1.29 is 13.2 Å². The van der Waals surface area contributed by atoms with Gasteiger partial charge in [0.15, 0.2) is 9.84 Å². The summed E-state index contributed by atoms with van der Waals surface area (Å²) >= 11 is 0. The zero-order valence-corrected chi connectivity index (χ0v) is 11.9. The van der Waals surface area contributed by atoms with Crippen molar-refractivity contribution in [2.24, 2.45) is 5.92 Å². The van der Waals surface area contributed by atoms with E-state index in [1.165, 1.54) is 5.56 Å². The van der Waals surface area contributed by atoms with Crippen LogP contribution in [0.1, 0.15) is 17.5 Å². The third-order valence-corrected chi connectivity index (χ3v) is 6.03. The van der Waals surface area contributed by atoms with Crippen LogP contribution in [0, 0.1) is 19.8 Å². The number of benzene rings is 1. The number of rotatable bonds is 1. The molecule has 0 unspecified atom stereocenters. The number of sulfone groups is 1. The molecule has 0 radical (unpaired) electrons. The molecule has 0 spiro atoms. The Morgan fingerprint density at radius 3 is 2.58 bits per heavy atom. The van der Waals surface area contributed by atoms with Crippen LogP contribution in [0.5, 0.6) is 0 Å². The van der Waals surface area contributed by atoms with E-state index in [2.05, 4.69) is 0 Å². The SMILES string of the molecule is Cc1ccc(N2C(=O)C[C@@H]3CS(=O)(=O)C[C@H]32)cc1C. The van der Waals surface area contributed by atoms with Crippen molar-refractivity contribution in [3.8, 4) is 0 Å². The van der Waals surface area contributed by atoms with Gasteiger partial charge in [0.2, 0.25) is 5.91 Å². The van der Waals surface area contributed by atoms with E-state index in [1.54, 1.807) is 4.90 Å². The Balaban J connectivity index is 1.99. The van der Waals surface area contributed by atoms with Gasteiger partial charge >= 0.3 is 0 Å². The molecular formula is C14H17NO3S. The largest absolute Gasteiger partial charge is 0.308 e. The topological polar surface area (TPSA) is 54.5 Å². The molecule has 0 aliphatic carbocycles. The number of nitrogens with zero attached hydrogens (tertiary/aromatic N) is 1. The molecule has 3 rings (SSSR count). The monoisotopic (exact) mass is 279 g/mol. The Morgan fingerprint density at radius 2 is 1.89 bits per heavy atom. The summed E-state index contributed by atoms with van der Waals surface area (Å²) in [6.07, 6.45) is 0.358. The molecule has 0 saturated carbocycles. The molecule has 2 saturated heterocycles. The molecule has 2 heterocycles. The van der Waals surface area contributed by atoms with Crippen LogP contribution in [0.15, 0.2) is 18.2 Å². The first-order valence-electron chi connectivity index (χ1n) is 6.47. The van der Waals surface area contributed by atoms with E-state index < -0.39 is 9.84 Å². The van der Waals surface area contributed by atoms with E-state index in [9.17, 15) is 13.2 Å². The van der Waals surface area contributed by atoms with E-state index in [1.807, 2.05) is 32.0 Å². The number of fused-ring (bicyclic) bond motifs is 1. The van der Waals surface area contributed by atoms with Crippen LogP contribution in [-0.2, 0) is 14.6 Å². The van der Waals surface area contributed by atoms with Crippen LogP contribution >= 0.6 is 0 Å². The average Bonchev–Trinajstić information content (AvgIpc) is 2.73. The van der Waals surface area contributed by atoms with Gasteiger partial charge in [-0.15, -0.1) is 0 Å². The minimum Gasteiger partial charge on any atom is -0.308 e. The summed E-state index contributed by atoms with van der Waals surface area (Å²) < 4.78 is 23.4. The van der Waals surface area contributed by atoms with E-state index in [4.69, 9.17) is 0 Å². The second kappa shape index (κ2) is 4.07. The molecule has 5 heteroatoms. The first-order chi connectivity index (χ1) is 8.87. The summed E-state index contributed by atoms with van der Waals surface area (Å²) in [7, 11) is -2.98. The first-order valence-corrected chi connectivity index (χ1v) is 8.29. The van der Waals surface area contributed by atoms with Gasteiger partial charge in [0, 0.05) is 18.0 Å². The molecule has 2 fully saturated rings. The molecule has 0 N–H and O–H groups in total. The standard InChI is InChI=1S/C14H17NO3S/c1-9-3-4-12(5-10(9)2)15-13-8-19(17,18)7-11(13)6-14(15)16/h3-5,11,13H,6-8H2,1-2H3/t11-,13-/m1/s1. The molecule has 2 aliphatic heterocycles. The highest BCUT2D eigenvalue weighted by Crippen LogP contribution is 2.37. The van der Waals surface area contributed by atoms with E-state index in [-0.39, 0.29) is 29.4 Å². The van der Waals surface area contributed by atoms with Crippen molar-refractivity contribution in [2.75, 3.05) is 16.4 Å². The number of hydrogen-bond acceptors (Lipinski definition) is 3. The highest BCUT2D eigenvalue weighted by atomic mass is 32.2. The van der Waals surface area contributed by atoms with Crippen LogP contribution in [-0.4, -0.2) is 31.9 Å². The second-order valence-corrected chi connectivity index (χ2v) is 7.79. The van der Waals surface area contributed by atoms with Crippen LogP contribution in [0.4, 0.5) is 5.69 Å². The van der Waals surface area contributed by atoms with E-state index >= 15 is 0 Å². The van der Waals surface area contributed by atoms with Crippen LogP contribution in [0.3, 0.4) is 0 Å². The predicted molar refractivity (Wildman–Crippen MR) is 74.0 cm³/mol. The maximum absolute atomic E-state index is 12.1. The number of carbonyl (C=O) groups excluding carboxylic acids is 1. The lowest BCUT2D eigenvalue weighted by Crippen LogP contribution is -2.36. The third kappa shape index (κ3) is 2.06. The zero-order chi connectivity index (χ0) is 13.8. The summed E-state index contributed by atoms with van der Waals surface area (Å²) in [6.45, 7) is 4.02. The maximum Gasteiger partial charge on any atom is 0.227 e. The molecular weight excluding hydrogens is 262 g/mol. The molecule has 1 amide bonds. The molecule has 2 aliphatic rings. The summed E-state index contributed by atoms with van der Waals surface area (Å²) in [4.78, 5) is 13.8. The molecule has 0 aromatic heterocycles. The molecule has 19 heavy (non-hydrogen) atoms. The van der Waals surface area contributed by atoms with Gasteiger partial charge in [-0.1, -0.05) is 6.07 Å². The highest BCUT2D eigenvalue weighted by Gasteiger charge is 2.49. The van der Waals surface area contributed by atoms with Gasteiger partial charge in [0.1, 0.15) is 0 Å². The Bertz CT molecular complexity index is 651. The Hall–Kier alpha value is -1.36. The molecule has 1 aromatic rings. The minimum absolute atomic E-state index is 0.0286. The highest BCUT2D eigenvalue weighted by molar-refractivity contribution is 7.91. The second-order valence-electron chi connectivity index (χ2n) is 5.64. The van der Waals surface area contributed by atoms with Crippen molar-refractivity contribution in [1.29, 1.82) is 0 Å². The number of amides is 1. The van der Waals surface area contributed by atoms with Crippen molar-refractivity contribution in [3.63, 3.8) is 0 Å². The fraction of sp³-hybridized carbons (Fsp3) is 0.500. The molecule has 1 aromatic carbocycles. The van der Waals surface area contributed by atoms with Crippen LogP contribution < -0.4 is 4.90 Å². The van der Waals surface area contributed by atoms with Crippen molar-refractivity contribution >= 4 is 21.4 Å². The van der Waals surface area contributed by atoms with Gasteiger partial charge in [0.05, 0.1) is 17.5 Å². The summed E-state index contributed by atoms with van der Waals surface area (Å²) in [5.41, 5.74) is 3.12. The molecule has 0 bridgehead atoms. The fourth-order valence-corrected chi connectivity index (χ4v) is 5.17. The third-order valence-electron chi connectivity index (χ3n) is 4.24. The number of carbonyl (C=O) groups is 1. The van der Waals surface area contributed by atoms with Crippen molar-refractivity contribution in [3.05, 3.63) is 29.3 Å². The van der Waals surface area contributed by atoms with Crippen LogP contribution in [0.25, 0.3) is 0 Å². The summed E-state index contributed by atoms with van der Waals surface area (Å²) in [5, 5.41) is 0. The molecule has 4 nitrogen and oxygen atoms in total. The van der Waals surface area contributed by atoms with Gasteiger partial charge in [-0.2, -0.15) is 0 Å². The van der Waals surface area contributed by atoms with Crippen molar-refractivity contribution in [1.82, 2.24) is 0 Å². The zero-order valence-electron chi connectivity index (χ0n) is 11.1. The number of hydrogen-bond donors (Lipinski definition) is 0. The first kappa shape index (κ1) is 12.7. The summed E-state index contributed by atoms with van der Waals surface area (Å²) in [6, 6.07) is 5.70. The van der Waals surface area contributed by atoms with Crippen molar-refractivity contribution in [2.45, 2.75) is 26.3 Å². The smallest absolute Gasteiger partial charge is 0.227 e. The summed E-state index contributed by atoms with van der Waals surface area (Å²) in [5.74, 6) is 0.286. The number of aryl methyl sites for hydroxylation is 2. The van der Waals surface area contributed by atoms with Crippen LogP contribution in [0.2, 0.25) is 0 Å². The van der Waals surface area contributed by atoms with Gasteiger partial charge < -0.3 is 4.90 Å². The Morgan fingerprint density at radius 1 is 1.16 bits per heavy atom. The van der Waals surface area contributed by atoms with Gasteiger partial charge in [-0.25, -0.2) is 8.42 Å².